The first kappa shape index (κ1) is 14.1. The molecule has 0 fully saturated rings. The number of hydrogen-bond acceptors (Lipinski definition) is 3. The summed E-state index contributed by atoms with van der Waals surface area (Å²) in [5.74, 6) is 0. The molecule has 0 aliphatic carbocycles. The van der Waals surface area contributed by atoms with Crippen LogP contribution in [-0.4, -0.2) is 0 Å². The fraction of sp³-hybridized carbons (Fsp3) is 0.0714. The standard InChI is InChI=1S/C14H10ClF2N3/c15-11-3-1-8(7-18)5-13(11)20-12-4-2-9(19)6-10(12)14(16)17/h1-6,14,20H,19H2. The molecule has 3 nitrogen and oxygen atoms in total. The van der Waals surface area contributed by atoms with Crippen LogP contribution in [0.25, 0.3) is 0 Å². The summed E-state index contributed by atoms with van der Waals surface area (Å²) in [7, 11) is 0. The summed E-state index contributed by atoms with van der Waals surface area (Å²) in [4.78, 5) is 0. The molecule has 2 aromatic carbocycles. The lowest BCUT2D eigenvalue weighted by atomic mass is 10.1. The van der Waals surface area contributed by atoms with Crippen molar-refractivity contribution in [2.45, 2.75) is 6.43 Å². The zero-order chi connectivity index (χ0) is 14.7. The fourth-order valence-electron chi connectivity index (χ4n) is 1.71. The van der Waals surface area contributed by atoms with E-state index in [2.05, 4.69) is 5.32 Å². The Morgan fingerprint density at radius 2 is 1.90 bits per heavy atom. The largest absolute Gasteiger partial charge is 0.399 e. The Hall–Kier alpha value is -2.32. The molecule has 3 N–H and O–H groups in total. The van der Waals surface area contributed by atoms with Gasteiger partial charge < -0.3 is 11.1 Å². The van der Waals surface area contributed by atoms with Crippen LogP contribution in [0, 0.1) is 11.3 Å². The number of nitrogens with one attached hydrogen (secondary N) is 1. The van der Waals surface area contributed by atoms with E-state index in [-0.39, 0.29) is 16.9 Å². The third-order valence-electron chi connectivity index (χ3n) is 2.68. The van der Waals surface area contributed by atoms with Gasteiger partial charge in [0.1, 0.15) is 0 Å². The Balaban J connectivity index is 2.42. The smallest absolute Gasteiger partial charge is 0.265 e. The van der Waals surface area contributed by atoms with Crippen molar-refractivity contribution in [1.82, 2.24) is 0 Å². The molecule has 0 atom stereocenters. The Labute approximate surface area is 119 Å². The van der Waals surface area contributed by atoms with Crippen molar-refractivity contribution in [3.05, 3.63) is 52.5 Å². The van der Waals surface area contributed by atoms with E-state index in [0.29, 0.717) is 16.3 Å². The van der Waals surface area contributed by atoms with Crippen LogP contribution < -0.4 is 11.1 Å². The third-order valence-corrected chi connectivity index (χ3v) is 3.01. The predicted octanol–water partition coefficient (Wildman–Crippen LogP) is 4.48. The molecule has 0 saturated carbocycles. The lowest BCUT2D eigenvalue weighted by molar-refractivity contribution is 0.152. The number of anilines is 3. The minimum absolute atomic E-state index is 0.200. The van der Waals surface area contributed by atoms with Crippen LogP contribution >= 0.6 is 11.6 Å². The zero-order valence-corrected chi connectivity index (χ0v) is 11.0. The second-order valence-corrected chi connectivity index (χ2v) is 4.49. The SMILES string of the molecule is N#Cc1ccc(Cl)c(Nc2ccc(N)cc2C(F)F)c1. The van der Waals surface area contributed by atoms with Crippen LogP contribution in [0.15, 0.2) is 36.4 Å². The molecule has 6 heteroatoms. The molecule has 0 unspecified atom stereocenters. The van der Waals surface area contributed by atoms with E-state index in [4.69, 9.17) is 22.6 Å². The highest BCUT2D eigenvalue weighted by atomic mass is 35.5. The van der Waals surface area contributed by atoms with Gasteiger partial charge in [0.25, 0.3) is 6.43 Å². The molecular formula is C14H10ClF2N3. The molecule has 0 aliphatic rings. The number of halogens is 3. The summed E-state index contributed by atoms with van der Waals surface area (Å²) in [5.41, 5.74) is 6.50. The molecule has 0 radical (unpaired) electrons. The predicted molar refractivity (Wildman–Crippen MR) is 75.3 cm³/mol. The van der Waals surface area contributed by atoms with Crippen molar-refractivity contribution in [3.8, 4) is 6.07 Å². The van der Waals surface area contributed by atoms with Gasteiger partial charge in [0.15, 0.2) is 0 Å². The van der Waals surface area contributed by atoms with Gasteiger partial charge in [-0.2, -0.15) is 5.26 Å². The number of nitrogens with two attached hydrogens (primary N) is 1. The van der Waals surface area contributed by atoms with Crippen molar-refractivity contribution in [1.29, 1.82) is 5.26 Å². The van der Waals surface area contributed by atoms with Crippen LogP contribution in [0.2, 0.25) is 5.02 Å². The van der Waals surface area contributed by atoms with E-state index in [1.165, 1.54) is 30.3 Å². The van der Waals surface area contributed by atoms with Gasteiger partial charge in [-0.3, -0.25) is 0 Å². The molecule has 0 aliphatic heterocycles. The zero-order valence-electron chi connectivity index (χ0n) is 10.2. The highest BCUT2D eigenvalue weighted by Gasteiger charge is 2.14. The Bertz CT molecular complexity index is 681. The third kappa shape index (κ3) is 2.98. The number of alkyl halides is 2. The summed E-state index contributed by atoms with van der Waals surface area (Å²) in [6.45, 7) is 0. The number of nitrogens with zero attached hydrogens (tertiary/aromatic N) is 1. The highest BCUT2D eigenvalue weighted by Crippen LogP contribution is 2.33. The van der Waals surface area contributed by atoms with Crippen LogP contribution in [0.3, 0.4) is 0 Å². The highest BCUT2D eigenvalue weighted by molar-refractivity contribution is 6.33. The van der Waals surface area contributed by atoms with Crippen molar-refractivity contribution >= 4 is 28.7 Å². The van der Waals surface area contributed by atoms with Gasteiger partial charge >= 0.3 is 0 Å². The van der Waals surface area contributed by atoms with Crippen molar-refractivity contribution in [2.24, 2.45) is 0 Å². The summed E-state index contributed by atoms with van der Waals surface area (Å²) >= 11 is 5.98. The quantitative estimate of drug-likeness (QED) is 0.820. The maximum atomic E-state index is 13.0. The average molecular weight is 294 g/mol. The number of hydrogen-bond donors (Lipinski definition) is 2. The first-order valence-electron chi connectivity index (χ1n) is 5.65. The number of rotatable bonds is 3. The molecule has 0 spiro atoms. The van der Waals surface area contributed by atoms with E-state index in [1.54, 1.807) is 6.07 Å². The van der Waals surface area contributed by atoms with Crippen LogP contribution in [0.1, 0.15) is 17.6 Å². The summed E-state index contributed by atoms with van der Waals surface area (Å²) in [6, 6.07) is 10.7. The van der Waals surface area contributed by atoms with E-state index in [9.17, 15) is 8.78 Å². The Kier molecular flexibility index (Phi) is 4.06. The van der Waals surface area contributed by atoms with Gasteiger partial charge in [-0.1, -0.05) is 11.6 Å². The number of benzene rings is 2. The van der Waals surface area contributed by atoms with Gasteiger partial charge in [-0.05, 0) is 36.4 Å². The topological polar surface area (TPSA) is 61.8 Å². The number of nitrogen functional groups attached to an aromatic ring is 1. The Morgan fingerprint density at radius 1 is 1.15 bits per heavy atom. The minimum atomic E-state index is -2.67. The van der Waals surface area contributed by atoms with Gasteiger partial charge in [0.05, 0.1) is 22.3 Å². The maximum absolute atomic E-state index is 13.0. The lowest BCUT2D eigenvalue weighted by Gasteiger charge is -2.13. The lowest BCUT2D eigenvalue weighted by Crippen LogP contribution is -1.99. The summed E-state index contributed by atoms with van der Waals surface area (Å²) < 4.78 is 26.0. The minimum Gasteiger partial charge on any atom is -0.399 e. The maximum Gasteiger partial charge on any atom is 0.265 e. The molecule has 0 bridgehead atoms. The van der Waals surface area contributed by atoms with Crippen LogP contribution in [0.4, 0.5) is 25.8 Å². The van der Waals surface area contributed by atoms with Gasteiger partial charge in [-0.15, -0.1) is 0 Å². The van der Waals surface area contributed by atoms with Crippen molar-refractivity contribution in [3.63, 3.8) is 0 Å². The summed E-state index contributed by atoms with van der Waals surface area (Å²) in [6.07, 6.45) is -2.67. The molecule has 2 rings (SSSR count). The van der Waals surface area contributed by atoms with Crippen LogP contribution in [0.5, 0.6) is 0 Å². The average Bonchev–Trinajstić information content (AvgIpc) is 2.42. The van der Waals surface area contributed by atoms with Crippen molar-refractivity contribution in [2.75, 3.05) is 11.1 Å². The first-order chi connectivity index (χ1) is 9.51. The fourth-order valence-corrected chi connectivity index (χ4v) is 1.88. The normalized spacial score (nSPS) is 10.3. The molecule has 0 aromatic heterocycles. The molecule has 102 valence electrons. The van der Waals surface area contributed by atoms with E-state index in [0.717, 1.165) is 0 Å². The molecule has 0 amide bonds. The second kappa shape index (κ2) is 5.76. The van der Waals surface area contributed by atoms with Crippen LogP contribution in [-0.2, 0) is 0 Å². The molecule has 0 heterocycles. The Morgan fingerprint density at radius 3 is 2.55 bits per heavy atom. The van der Waals surface area contributed by atoms with Gasteiger partial charge in [0.2, 0.25) is 0 Å². The molecule has 20 heavy (non-hydrogen) atoms. The molecular weight excluding hydrogens is 284 g/mol. The van der Waals surface area contributed by atoms with E-state index in [1.807, 2.05) is 6.07 Å². The van der Waals surface area contributed by atoms with Gasteiger partial charge in [-0.25, -0.2) is 8.78 Å². The van der Waals surface area contributed by atoms with Crippen molar-refractivity contribution < 1.29 is 8.78 Å². The molecule has 2 aromatic rings. The second-order valence-electron chi connectivity index (χ2n) is 4.08. The first-order valence-corrected chi connectivity index (χ1v) is 6.03. The number of nitriles is 1. The summed E-state index contributed by atoms with van der Waals surface area (Å²) in [5, 5.41) is 12.0. The van der Waals surface area contributed by atoms with E-state index < -0.39 is 6.43 Å². The monoisotopic (exact) mass is 293 g/mol. The van der Waals surface area contributed by atoms with Gasteiger partial charge in [0, 0.05) is 16.9 Å². The molecule has 0 saturated heterocycles. The van der Waals surface area contributed by atoms with E-state index >= 15 is 0 Å².